The molecule has 0 saturated carbocycles. The molecule has 82 valence electrons. The summed E-state index contributed by atoms with van der Waals surface area (Å²) in [5, 5.41) is 8.20. The molecule has 0 spiro atoms. The third-order valence-corrected chi connectivity index (χ3v) is 3.01. The fourth-order valence-electron chi connectivity index (χ4n) is 2.02. The zero-order valence-electron chi connectivity index (χ0n) is 9.31. The van der Waals surface area contributed by atoms with Crippen molar-refractivity contribution in [3.05, 3.63) is 17.8 Å². The summed E-state index contributed by atoms with van der Waals surface area (Å²) in [4.78, 5) is 2.44. The van der Waals surface area contributed by atoms with Gasteiger partial charge in [0.15, 0.2) is 0 Å². The van der Waals surface area contributed by atoms with E-state index in [2.05, 4.69) is 22.0 Å². The average Bonchev–Trinajstić information content (AvgIpc) is 2.78. The summed E-state index contributed by atoms with van der Waals surface area (Å²) in [6, 6.07) is 3.91. The molecule has 1 saturated heterocycles. The molecule has 0 bridgehead atoms. The van der Waals surface area contributed by atoms with Gasteiger partial charge >= 0.3 is 0 Å². The van der Waals surface area contributed by atoms with Gasteiger partial charge < -0.3 is 9.64 Å². The summed E-state index contributed by atoms with van der Waals surface area (Å²) in [7, 11) is 1.61. The van der Waals surface area contributed by atoms with Gasteiger partial charge in [-0.1, -0.05) is 6.92 Å². The molecule has 1 aliphatic heterocycles. The molecule has 1 fully saturated rings. The van der Waals surface area contributed by atoms with Crippen molar-refractivity contribution in [1.82, 2.24) is 15.1 Å². The van der Waals surface area contributed by atoms with Crippen molar-refractivity contribution in [1.29, 1.82) is 0 Å². The second kappa shape index (κ2) is 4.57. The van der Waals surface area contributed by atoms with E-state index in [9.17, 15) is 0 Å². The van der Waals surface area contributed by atoms with Gasteiger partial charge in [0.25, 0.3) is 0 Å². The van der Waals surface area contributed by atoms with Crippen LogP contribution in [0.2, 0.25) is 0 Å². The van der Waals surface area contributed by atoms with Crippen molar-refractivity contribution < 1.29 is 4.74 Å². The Morgan fingerprint density at radius 2 is 2.33 bits per heavy atom. The minimum absolute atomic E-state index is 0.545. The number of aromatic nitrogens is 2. The van der Waals surface area contributed by atoms with Gasteiger partial charge in [-0.25, -0.2) is 0 Å². The quantitative estimate of drug-likeness (QED) is 0.748. The summed E-state index contributed by atoms with van der Waals surface area (Å²) in [6.45, 7) is 5.61. The molecule has 0 radical (unpaired) electrons. The number of ether oxygens (including phenoxy) is 1. The fraction of sp³-hybridized carbons (Fsp3) is 0.636. The Morgan fingerprint density at radius 3 is 2.87 bits per heavy atom. The number of likely N-dealkylation sites (N-methyl/N-ethyl adjacent to an activating group) is 1. The lowest BCUT2D eigenvalue weighted by atomic mass is 10.1. The van der Waals surface area contributed by atoms with Crippen LogP contribution in [0.1, 0.15) is 25.0 Å². The van der Waals surface area contributed by atoms with Crippen molar-refractivity contribution in [2.45, 2.75) is 19.3 Å². The molecule has 4 nitrogen and oxygen atoms in total. The number of methoxy groups -OCH3 is 1. The van der Waals surface area contributed by atoms with Crippen LogP contribution in [-0.4, -0.2) is 41.8 Å². The zero-order chi connectivity index (χ0) is 10.7. The lowest BCUT2D eigenvalue weighted by Crippen LogP contribution is -2.19. The molecule has 0 N–H and O–H groups in total. The van der Waals surface area contributed by atoms with Crippen LogP contribution in [0, 0.1) is 0 Å². The number of likely N-dealkylation sites (tertiary alicyclic amines) is 1. The van der Waals surface area contributed by atoms with E-state index >= 15 is 0 Å². The number of rotatable bonds is 3. The second-order valence-corrected chi connectivity index (χ2v) is 3.88. The highest BCUT2D eigenvalue weighted by atomic mass is 16.5. The van der Waals surface area contributed by atoms with Crippen LogP contribution in [0.15, 0.2) is 12.1 Å². The molecule has 15 heavy (non-hydrogen) atoms. The number of nitrogens with zero attached hydrogens (tertiary/aromatic N) is 3. The number of hydrogen-bond acceptors (Lipinski definition) is 4. The third kappa shape index (κ3) is 2.26. The summed E-state index contributed by atoms with van der Waals surface area (Å²) in [5.41, 5.74) is 1.09. The van der Waals surface area contributed by atoms with Gasteiger partial charge in [-0.3, -0.25) is 0 Å². The Labute approximate surface area is 90.3 Å². The van der Waals surface area contributed by atoms with E-state index < -0.39 is 0 Å². The first-order chi connectivity index (χ1) is 7.33. The van der Waals surface area contributed by atoms with Crippen molar-refractivity contribution in [3.63, 3.8) is 0 Å². The van der Waals surface area contributed by atoms with Crippen LogP contribution in [-0.2, 0) is 0 Å². The Balaban J connectivity index is 2.04. The Bertz CT molecular complexity index is 312. The van der Waals surface area contributed by atoms with Crippen LogP contribution in [0.4, 0.5) is 0 Å². The van der Waals surface area contributed by atoms with Crippen molar-refractivity contribution in [2.75, 3.05) is 26.7 Å². The molecule has 1 aromatic rings. The molecular weight excluding hydrogens is 190 g/mol. The molecule has 1 atom stereocenters. The monoisotopic (exact) mass is 207 g/mol. The van der Waals surface area contributed by atoms with E-state index in [4.69, 9.17) is 4.74 Å². The highest BCUT2D eigenvalue weighted by Gasteiger charge is 2.23. The highest BCUT2D eigenvalue weighted by molar-refractivity contribution is 5.15. The van der Waals surface area contributed by atoms with Crippen molar-refractivity contribution in [2.24, 2.45) is 0 Å². The third-order valence-electron chi connectivity index (χ3n) is 3.01. The minimum Gasteiger partial charge on any atom is -0.480 e. The van der Waals surface area contributed by atoms with E-state index in [1.165, 1.54) is 13.0 Å². The van der Waals surface area contributed by atoms with Gasteiger partial charge in [-0.15, -0.1) is 5.10 Å². The van der Waals surface area contributed by atoms with Crippen LogP contribution in [0.3, 0.4) is 0 Å². The molecule has 0 aliphatic carbocycles. The standard InChI is InChI=1S/C11H17N3O/c1-3-14-7-6-9(8-14)10-4-5-11(15-2)13-12-10/h4-5,9H,3,6-8H2,1-2H3. The maximum Gasteiger partial charge on any atom is 0.233 e. The summed E-state index contributed by atoms with van der Waals surface area (Å²) < 4.78 is 4.99. The molecule has 0 aromatic carbocycles. The van der Waals surface area contributed by atoms with Crippen LogP contribution in [0.5, 0.6) is 5.88 Å². The highest BCUT2D eigenvalue weighted by Crippen LogP contribution is 2.25. The Morgan fingerprint density at radius 1 is 1.47 bits per heavy atom. The summed E-state index contributed by atoms with van der Waals surface area (Å²) >= 11 is 0. The zero-order valence-corrected chi connectivity index (χ0v) is 9.31. The van der Waals surface area contributed by atoms with Gasteiger partial charge in [0.1, 0.15) is 0 Å². The first-order valence-corrected chi connectivity index (χ1v) is 5.43. The SMILES string of the molecule is CCN1CCC(c2ccc(OC)nn2)C1. The lowest BCUT2D eigenvalue weighted by Gasteiger charge is -2.12. The smallest absolute Gasteiger partial charge is 0.233 e. The molecule has 1 unspecified atom stereocenters. The predicted molar refractivity (Wildman–Crippen MR) is 58.1 cm³/mol. The van der Waals surface area contributed by atoms with Crippen LogP contribution in [0.25, 0.3) is 0 Å². The van der Waals surface area contributed by atoms with Crippen molar-refractivity contribution in [3.8, 4) is 5.88 Å². The molecule has 1 aromatic heterocycles. The summed E-state index contributed by atoms with van der Waals surface area (Å²) in [5.74, 6) is 1.13. The van der Waals surface area contributed by atoms with E-state index in [-0.39, 0.29) is 0 Å². The Kier molecular flexibility index (Phi) is 3.16. The minimum atomic E-state index is 0.545. The first-order valence-electron chi connectivity index (χ1n) is 5.43. The molecule has 0 amide bonds. The van der Waals surface area contributed by atoms with Gasteiger partial charge in [-0.2, -0.15) is 5.10 Å². The van der Waals surface area contributed by atoms with Crippen LogP contribution < -0.4 is 4.74 Å². The van der Waals surface area contributed by atoms with Gasteiger partial charge in [0.2, 0.25) is 5.88 Å². The maximum absolute atomic E-state index is 4.99. The lowest BCUT2D eigenvalue weighted by molar-refractivity contribution is 0.352. The summed E-state index contributed by atoms with van der Waals surface area (Å²) in [6.07, 6.45) is 1.19. The van der Waals surface area contributed by atoms with Gasteiger partial charge in [0, 0.05) is 18.5 Å². The van der Waals surface area contributed by atoms with E-state index in [0.717, 1.165) is 18.8 Å². The van der Waals surface area contributed by atoms with Gasteiger partial charge in [-0.05, 0) is 25.6 Å². The largest absolute Gasteiger partial charge is 0.480 e. The van der Waals surface area contributed by atoms with Crippen molar-refractivity contribution >= 4 is 0 Å². The topological polar surface area (TPSA) is 38.2 Å². The van der Waals surface area contributed by atoms with Crippen LogP contribution >= 0.6 is 0 Å². The second-order valence-electron chi connectivity index (χ2n) is 3.88. The number of hydrogen-bond donors (Lipinski definition) is 0. The normalized spacial score (nSPS) is 21.9. The van der Waals surface area contributed by atoms with Gasteiger partial charge in [0.05, 0.1) is 12.8 Å². The molecular formula is C11H17N3O. The molecule has 1 aliphatic rings. The average molecular weight is 207 g/mol. The Hall–Kier alpha value is -1.16. The van der Waals surface area contributed by atoms with E-state index in [0.29, 0.717) is 11.8 Å². The maximum atomic E-state index is 4.99. The van der Waals surface area contributed by atoms with E-state index in [1.54, 1.807) is 7.11 Å². The fourth-order valence-corrected chi connectivity index (χ4v) is 2.02. The molecule has 2 rings (SSSR count). The first kappa shape index (κ1) is 10.4. The molecule has 4 heteroatoms. The predicted octanol–water partition coefficient (Wildman–Crippen LogP) is 1.29. The van der Waals surface area contributed by atoms with E-state index in [1.807, 2.05) is 12.1 Å². The molecule has 2 heterocycles.